The average molecular weight is 178 g/mol. The molecule has 0 aromatic carbocycles. The lowest BCUT2D eigenvalue weighted by molar-refractivity contribution is -0.757. The number of nitrogens with zero attached hydrogens (tertiary/aromatic N) is 4. The first kappa shape index (κ1) is 8.16. The van der Waals surface area contributed by atoms with Crippen LogP contribution in [0.4, 0.5) is 0 Å². The van der Waals surface area contributed by atoms with Crippen molar-refractivity contribution in [2.24, 2.45) is 21.1 Å². The number of aromatic nitrogens is 4. The predicted octanol–water partition coefficient (Wildman–Crippen LogP) is -0.469. The van der Waals surface area contributed by atoms with E-state index < -0.39 is 0 Å². The van der Waals surface area contributed by atoms with Gasteiger partial charge in [-0.3, -0.25) is 0 Å². The molecule has 68 valence electrons. The highest BCUT2D eigenvalue weighted by Crippen LogP contribution is 2.02. The van der Waals surface area contributed by atoms with Crippen molar-refractivity contribution < 1.29 is 9.13 Å². The average Bonchev–Trinajstić information content (AvgIpc) is 2.35. The Morgan fingerprint density at radius 2 is 2.08 bits per heavy atom. The second-order valence-corrected chi connectivity index (χ2v) is 3.41. The van der Waals surface area contributed by atoms with Gasteiger partial charge in [-0.1, -0.05) is 0 Å². The third-order valence-corrected chi connectivity index (χ3v) is 2.47. The molecule has 0 aliphatic heterocycles. The van der Waals surface area contributed by atoms with Crippen molar-refractivity contribution in [2.45, 2.75) is 6.92 Å². The molecule has 0 spiro atoms. The first-order valence-corrected chi connectivity index (χ1v) is 4.27. The summed E-state index contributed by atoms with van der Waals surface area (Å²) in [7, 11) is 6.10. The van der Waals surface area contributed by atoms with Crippen molar-refractivity contribution in [3.63, 3.8) is 0 Å². The highest BCUT2D eigenvalue weighted by Gasteiger charge is 2.21. The van der Waals surface area contributed by atoms with Crippen molar-refractivity contribution in [1.29, 1.82) is 0 Å². The Morgan fingerprint density at radius 1 is 1.38 bits per heavy atom. The summed E-state index contributed by atoms with van der Waals surface area (Å²) in [5.41, 5.74) is 2.34. The van der Waals surface area contributed by atoms with Gasteiger partial charge < -0.3 is 0 Å². The van der Waals surface area contributed by atoms with Crippen molar-refractivity contribution in [1.82, 2.24) is 9.55 Å². The van der Waals surface area contributed by atoms with E-state index in [0.29, 0.717) is 0 Å². The van der Waals surface area contributed by atoms with Crippen LogP contribution < -0.4 is 9.13 Å². The summed E-state index contributed by atoms with van der Waals surface area (Å²) in [5, 5.41) is 0. The van der Waals surface area contributed by atoms with Gasteiger partial charge in [0.1, 0.15) is 21.1 Å². The fraction of sp³-hybridized carbons (Fsp3) is 0.444. The third-order valence-electron chi connectivity index (χ3n) is 2.47. The van der Waals surface area contributed by atoms with E-state index in [1.807, 2.05) is 40.6 Å². The highest BCUT2D eigenvalue weighted by atomic mass is 15.2. The van der Waals surface area contributed by atoms with Gasteiger partial charge in [-0.25, -0.2) is 4.98 Å². The molecule has 0 bridgehead atoms. The van der Waals surface area contributed by atoms with Gasteiger partial charge in [-0.15, -0.1) is 0 Å². The van der Waals surface area contributed by atoms with Gasteiger partial charge in [0.15, 0.2) is 0 Å². The molecule has 0 N–H and O–H groups in total. The highest BCUT2D eigenvalue weighted by molar-refractivity contribution is 5.62. The van der Waals surface area contributed by atoms with Crippen molar-refractivity contribution in [3.8, 4) is 0 Å². The fourth-order valence-electron chi connectivity index (χ4n) is 1.67. The van der Waals surface area contributed by atoms with Crippen LogP contribution in [0.3, 0.4) is 0 Å². The van der Waals surface area contributed by atoms with E-state index in [9.17, 15) is 0 Å². The molecule has 0 radical (unpaired) electrons. The Labute approximate surface area is 77.1 Å². The summed E-state index contributed by atoms with van der Waals surface area (Å²) < 4.78 is 6.26. The molecule has 2 heterocycles. The number of imidazole rings is 1. The van der Waals surface area contributed by atoms with E-state index in [1.54, 1.807) is 0 Å². The van der Waals surface area contributed by atoms with Gasteiger partial charge in [-0.2, -0.15) is 13.7 Å². The number of hydrogen-bond donors (Lipinski definition) is 0. The summed E-state index contributed by atoms with van der Waals surface area (Å²) in [4.78, 5) is 4.31. The van der Waals surface area contributed by atoms with Crippen LogP contribution in [0.5, 0.6) is 0 Å². The van der Waals surface area contributed by atoms with Crippen LogP contribution in [0.15, 0.2) is 12.5 Å². The van der Waals surface area contributed by atoms with E-state index >= 15 is 0 Å². The van der Waals surface area contributed by atoms with Gasteiger partial charge in [0.2, 0.25) is 5.82 Å². The topological polar surface area (TPSA) is 25.6 Å². The molecule has 0 saturated heterocycles. The number of fused-ring (bicyclic) bond motifs is 1. The summed E-state index contributed by atoms with van der Waals surface area (Å²) in [6.07, 6.45) is 3.95. The standard InChI is InChI=1S/C9H14N4/c1-7-10-5-8-9(13(7)4)12(3)6-11(8)2/h5-6H,1-4H3/q+2. The Kier molecular flexibility index (Phi) is 1.58. The molecule has 4 heteroatoms. The number of rotatable bonds is 0. The molecule has 13 heavy (non-hydrogen) atoms. The Morgan fingerprint density at radius 3 is 2.77 bits per heavy atom. The summed E-state index contributed by atoms with van der Waals surface area (Å²) in [6.45, 7) is 2.01. The molecule has 0 aliphatic carbocycles. The summed E-state index contributed by atoms with van der Waals surface area (Å²) >= 11 is 0. The third kappa shape index (κ3) is 1.02. The van der Waals surface area contributed by atoms with Crippen LogP contribution in [0.1, 0.15) is 5.82 Å². The van der Waals surface area contributed by atoms with Crippen LogP contribution in [0.25, 0.3) is 11.2 Å². The molecule has 0 aliphatic rings. The maximum Gasteiger partial charge on any atom is 0.398 e. The number of hydrogen-bond acceptors (Lipinski definition) is 1. The van der Waals surface area contributed by atoms with Crippen molar-refractivity contribution in [3.05, 3.63) is 18.3 Å². The second kappa shape index (κ2) is 2.52. The fourth-order valence-corrected chi connectivity index (χ4v) is 1.67. The molecular weight excluding hydrogens is 164 g/mol. The minimum Gasteiger partial charge on any atom is -0.209 e. The van der Waals surface area contributed by atoms with Crippen molar-refractivity contribution in [2.75, 3.05) is 0 Å². The predicted molar refractivity (Wildman–Crippen MR) is 47.8 cm³/mol. The zero-order valence-electron chi connectivity index (χ0n) is 8.44. The van der Waals surface area contributed by atoms with E-state index in [0.717, 1.165) is 11.3 Å². The first-order valence-electron chi connectivity index (χ1n) is 4.27. The molecule has 0 fully saturated rings. The molecule has 0 atom stereocenters. The smallest absolute Gasteiger partial charge is 0.209 e. The van der Waals surface area contributed by atoms with E-state index in [4.69, 9.17) is 0 Å². The van der Waals surface area contributed by atoms with Crippen LogP contribution >= 0.6 is 0 Å². The summed E-state index contributed by atoms with van der Waals surface area (Å²) in [5.74, 6) is 1.02. The second-order valence-electron chi connectivity index (χ2n) is 3.41. The molecule has 0 amide bonds. The van der Waals surface area contributed by atoms with E-state index in [-0.39, 0.29) is 0 Å². The van der Waals surface area contributed by atoms with E-state index in [1.165, 1.54) is 5.65 Å². The zero-order chi connectivity index (χ0) is 9.59. The molecule has 0 unspecified atom stereocenters. The maximum absolute atomic E-state index is 4.31. The zero-order valence-corrected chi connectivity index (χ0v) is 8.44. The molecule has 2 rings (SSSR count). The van der Waals surface area contributed by atoms with Gasteiger partial charge in [0.25, 0.3) is 5.52 Å². The SMILES string of the molecule is Cc1ncc2c([n+](C)cn2C)[n+]1C. The van der Waals surface area contributed by atoms with Crippen LogP contribution in [-0.4, -0.2) is 9.55 Å². The molecule has 4 nitrogen and oxygen atoms in total. The quantitative estimate of drug-likeness (QED) is 0.501. The molecular formula is C9H14N4+2. The lowest BCUT2D eigenvalue weighted by Gasteiger charge is -1.92. The maximum atomic E-state index is 4.31. The molecule has 0 saturated carbocycles. The van der Waals surface area contributed by atoms with Crippen LogP contribution in [-0.2, 0) is 21.1 Å². The van der Waals surface area contributed by atoms with Crippen molar-refractivity contribution >= 4 is 11.2 Å². The van der Waals surface area contributed by atoms with Gasteiger partial charge in [0, 0.05) is 6.92 Å². The van der Waals surface area contributed by atoms with Crippen LogP contribution in [0, 0.1) is 6.92 Å². The Balaban J connectivity index is 2.98. The molecule has 2 aromatic rings. The van der Waals surface area contributed by atoms with Gasteiger partial charge >= 0.3 is 12.0 Å². The lowest BCUT2D eigenvalue weighted by Crippen LogP contribution is -2.43. The monoisotopic (exact) mass is 178 g/mol. The number of aryl methyl sites for hydroxylation is 4. The minimum atomic E-state index is 1.02. The van der Waals surface area contributed by atoms with Crippen LogP contribution in [0.2, 0.25) is 0 Å². The Hall–Kier alpha value is -1.45. The minimum absolute atomic E-state index is 1.02. The van der Waals surface area contributed by atoms with E-state index in [2.05, 4.69) is 18.7 Å². The normalized spacial score (nSPS) is 11.1. The first-order chi connectivity index (χ1) is 6.11. The molecule has 2 aromatic heterocycles. The largest absolute Gasteiger partial charge is 0.398 e. The lowest BCUT2D eigenvalue weighted by atomic mass is 10.5. The van der Waals surface area contributed by atoms with Gasteiger partial charge in [-0.05, 0) is 0 Å². The Bertz CT molecular complexity index is 470. The summed E-state index contributed by atoms with van der Waals surface area (Å²) in [6, 6.07) is 0. The van der Waals surface area contributed by atoms with Gasteiger partial charge in [0.05, 0.1) is 6.20 Å².